The van der Waals surface area contributed by atoms with Gasteiger partial charge in [-0.1, -0.05) is 0 Å². The van der Waals surface area contributed by atoms with Crippen LogP contribution >= 0.6 is 0 Å². The Bertz CT molecular complexity index is 566. The molecule has 0 spiro atoms. The molecule has 0 aliphatic carbocycles. The Morgan fingerprint density at radius 1 is 1.26 bits per heavy atom. The first-order valence-electron chi connectivity index (χ1n) is 7.92. The molecule has 1 aliphatic heterocycles. The van der Waals surface area contributed by atoms with Crippen molar-refractivity contribution in [1.82, 2.24) is 10.2 Å². The van der Waals surface area contributed by atoms with Crippen LogP contribution in [-0.2, 0) is 4.79 Å². The maximum absolute atomic E-state index is 12.6. The van der Waals surface area contributed by atoms with Crippen LogP contribution in [0.5, 0.6) is 11.5 Å². The summed E-state index contributed by atoms with van der Waals surface area (Å²) >= 11 is 0. The van der Waals surface area contributed by atoms with E-state index in [1.807, 2.05) is 6.92 Å². The van der Waals surface area contributed by atoms with Gasteiger partial charge in [0.05, 0.1) is 13.7 Å². The van der Waals surface area contributed by atoms with E-state index >= 15 is 0 Å². The molecule has 0 unspecified atom stereocenters. The van der Waals surface area contributed by atoms with Crippen LogP contribution in [0.15, 0.2) is 18.2 Å². The lowest BCUT2D eigenvalue weighted by molar-refractivity contribution is -0.125. The van der Waals surface area contributed by atoms with E-state index in [0.29, 0.717) is 49.6 Å². The van der Waals surface area contributed by atoms with E-state index in [9.17, 15) is 9.59 Å². The lowest BCUT2D eigenvalue weighted by Crippen LogP contribution is -2.42. The van der Waals surface area contributed by atoms with Gasteiger partial charge in [0, 0.05) is 31.6 Å². The molecule has 1 N–H and O–H groups in total. The maximum Gasteiger partial charge on any atom is 0.253 e. The number of amides is 2. The first kappa shape index (κ1) is 17.1. The Kier molecular flexibility index (Phi) is 5.84. The molecule has 6 nitrogen and oxygen atoms in total. The minimum Gasteiger partial charge on any atom is -0.493 e. The number of nitrogens with zero attached hydrogens (tertiary/aromatic N) is 1. The number of methoxy groups -OCH3 is 1. The number of hydrogen-bond acceptors (Lipinski definition) is 4. The van der Waals surface area contributed by atoms with Gasteiger partial charge in [-0.05, 0) is 38.0 Å². The summed E-state index contributed by atoms with van der Waals surface area (Å²) in [4.78, 5) is 26.1. The molecular formula is C17H24N2O4. The quantitative estimate of drug-likeness (QED) is 0.896. The van der Waals surface area contributed by atoms with Crippen LogP contribution in [0.1, 0.15) is 30.1 Å². The lowest BCUT2D eigenvalue weighted by atomic mass is 9.95. The number of hydrogen-bond donors (Lipinski definition) is 1. The molecule has 1 aliphatic rings. The Hall–Kier alpha value is -2.24. The summed E-state index contributed by atoms with van der Waals surface area (Å²) < 4.78 is 10.8. The monoisotopic (exact) mass is 320 g/mol. The van der Waals surface area contributed by atoms with Crippen LogP contribution in [0.4, 0.5) is 0 Å². The van der Waals surface area contributed by atoms with Crippen molar-refractivity contribution in [2.24, 2.45) is 5.92 Å². The third-order valence-electron chi connectivity index (χ3n) is 4.11. The average Bonchev–Trinajstić information content (AvgIpc) is 2.60. The van der Waals surface area contributed by atoms with Crippen molar-refractivity contribution in [2.45, 2.75) is 19.8 Å². The van der Waals surface area contributed by atoms with Gasteiger partial charge in [0.25, 0.3) is 5.91 Å². The van der Waals surface area contributed by atoms with Gasteiger partial charge in [-0.25, -0.2) is 0 Å². The van der Waals surface area contributed by atoms with E-state index in [4.69, 9.17) is 9.47 Å². The predicted octanol–water partition coefficient (Wildman–Crippen LogP) is 1.69. The normalized spacial score (nSPS) is 15.2. The SMILES string of the molecule is CCOc1cc(C(=O)N2CCC(C(=O)NC)CC2)ccc1OC. The van der Waals surface area contributed by atoms with Gasteiger partial charge in [-0.15, -0.1) is 0 Å². The number of nitrogens with one attached hydrogen (secondary N) is 1. The van der Waals surface area contributed by atoms with Crippen LogP contribution in [0.2, 0.25) is 0 Å². The molecule has 1 heterocycles. The molecule has 6 heteroatoms. The first-order chi connectivity index (χ1) is 11.1. The highest BCUT2D eigenvalue weighted by molar-refractivity contribution is 5.95. The second-order valence-corrected chi connectivity index (χ2v) is 5.48. The number of ether oxygens (including phenoxy) is 2. The minimum absolute atomic E-state index is 0.00102. The van der Waals surface area contributed by atoms with Crippen molar-refractivity contribution < 1.29 is 19.1 Å². The molecular weight excluding hydrogens is 296 g/mol. The molecule has 0 radical (unpaired) electrons. The summed E-state index contributed by atoms with van der Waals surface area (Å²) in [5.74, 6) is 1.20. The Morgan fingerprint density at radius 3 is 2.52 bits per heavy atom. The van der Waals surface area contributed by atoms with E-state index in [0.717, 1.165) is 0 Å². The number of piperidine rings is 1. The molecule has 0 saturated carbocycles. The van der Waals surface area contributed by atoms with Crippen molar-refractivity contribution in [1.29, 1.82) is 0 Å². The fourth-order valence-electron chi connectivity index (χ4n) is 2.81. The van der Waals surface area contributed by atoms with Gasteiger partial charge in [0.15, 0.2) is 11.5 Å². The first-order valence-corrected chi connectivity index (χ1v) is 7.92. The topological polar surface area (TPSA) is 67.9 Å². The second kappa shape index (κ2) is 7.85. The average molecular weight is 320 g/mol. The van der Waals surface area contributed by atoms with Crippen LogP contribution in [0.25, 0.3) is 0 Å². The molecule has 2 amide bonds. The van der Waals surface area contributed by atoms with Crippen LogP contribution in [-0.4, -0.2) is 50.6 Å². The Balaban J connectivity index is 2.06. The van der Waals surface area contributed by atoms with Gasteiger partial charge in [0.2, 0.25) is 5.91 Å². The maximum atomic E-state index is 12.6. The van der Waals surface area contributed by atoms with E-state index in [1.54, 1.807) is 37.3 Å². The van der Waals surface area contributed by atoms with E-state index in [2.05, 4.69) is 5.32 Å². The smallest absolute Gasteiger partial charge is 0.253 e. The van der Waals surface area contributed by atoms with Gasteiger partial charge in [0.1, 0.15) is 0 Å². The molecule has 1 aromatic rings. The number of benzene rings is 1. The van der Waals surface area contributed by atoms with Crippen molar-refractivity contribution in [3.05, 3.63) is 23.8 Å². The van der Waals surface area contributed by atoms with Gasteiger partial charge in [-0.2, -0.15) is 0 Å². The molecule has 0 atom stereocenters. The summed E-state index contributed by atoms with van der Waals surface area (Å²) in [7, 11) is 3.22. The van der Waals surface area contributed by atoms with Gasteiger partial charge >= 0.3 is 0 Å². The summed E-state index contributed by atoms with van der Waals surface area (Å²) in [5, 5.41) is 2.67. The number of rotatable bonds is 5. The predicted molar refractivity (Wildman–Crippen MR) is 86.9 cm³/mol. The summed E-state index contributed by atoms with van der Waals surface area (Å²) in [6.07, 6.45) is 1.39. The Labute approximate surface area is 136 Å². The molecule has 0 aromatic heterocycles. The number of carbonyl (C=O) groups is 2. The lowest BCUT2D eigenvalue weighted by Gasteiger charge is -2.31. The molecule has 1 fully saturated rings. The fourth-order valence-corrected chi connectivity index (χ4v) is 2.81. The van der Waals surface area contributed by atoms with Crippen molar-refractivity contribution in [3.8, 4) is 11.5 Å². The van der Waals surface area contributed by atoms with Crippen molar-refractivity contribution in [3.63, 3.8) is 0 Å². The zero-order chi connectivity index (χ0) is 16.8. The fraction of sp³-hybridized carbons (Fsp3) is 0.529. The van der Waals surface area contributed by atoms with E-state index in [-0.39, 0.29) is 17.7 Å². The van der Waals surface area contributed by atoms with Crippen molar-refractivity contribution >= 4 is 11.8 Å². The highest BCUT2D eigenvalue weighted by Crippen LogP contribution is 2.29. The highest BCUT2D eigenvalue weighted by atomic mass is 16.5. The molecule has 126 valence electrons. The minimum atomic E-state index is -0.0380. The zero-order valence-electron chi connectivity index (χ0n) is 13.9. The third kappa shape index (κ3) is 3.94. The summed E-state index contributed by atoms with van der Waals surface area (Å²) in [5.41, 5.74) is 0.577. The molecule has 1 saturated heterocycles. The van der Waals surface area contributed by atoms with Crippen molar-refractivity contribution in [2.75, 3.05) is 33.9 Å². The number of carbonyl (C=O) groups excluding carboxylic acids is 2. The van der Waals surface area contributed by atoms with Crippen LogP contribution in [0.3, 0.4) is 0 Å². The highest BCUT2D eigenvalue weighted by Gasteiger charge is 2.27. The number of likely N-dealkylation sites (tertiary alicyclic amines) is 1. The van der Waals surface area contributed by atoms with Crippen LogP contribution in [0, 0.1) is 5.92 Å². The third-order valence-corrected chi connectivity index (χ3v) is 4.11. The Morgan fingerprint density at radius 2 is 1.96 bits per heavy atom. The molecule has 23 heavy (non-hydrogen) atoms. The van der Waals surface area contributed by atoms with E-state index < -0.39 is 0 Å². The second-order valence-electron chi connectivity index (χ2n) is 5.48. The largest absolute Gasteiger partial charge is 0.493 e. The zero-order valence-corrected chi connectivity index (χ0v) is 13.9. The summed E-state index contributed by atoms with van der Waals surface area (Å²) in [6.45, 7) is 3.57. The molecule has 2 rings (SSSR count). The van der Waals surface area contributed by atoms with Gasteiger partial charge in [-0.3, -0.25) is 9.59 Å². The molecule has 0 bridgehead atoms. The van der Waals surface area contributed by atoms with Gasteiger partial charge < -0.3 is 19.7 Å². The van der Waals surface area contributed by atoms with E-state index in [1.165, 1.54) is 0 Å². The molecule has 1 aromatic carbocycles. The standard InChI is InChI=1S/C17H24N2O4/c1-4-23-15-11-13(5-6-14(15)22-3)17(21)19-9-7-12(8-10-19)16(20)18-2/h5-6,11-12H,4,7-10H2,1-3H3,(H,18,20). The summed E-state index contributed by atoms with van der Waals surface area (Å²) in [6, 6.07) is 5.21. The van der Waals surface area contributed by atoms with Crippen LogP contribution < -0.4 is 14.8 Å².